The first kappa shape index (κ1) is 17.4. The Morgan fingerprint density at radius 3 is 2.64 bits per heavy atom. The number of nitrogens with zero attached hydrogens (tertiary/aromatic N) is 1. The summed E-state index contributed by atoms with van der Waals surface area (Å²) in [6.07, 6.45) is 0. The zero-order valence-electron chi connectivity index (χ0n) is 11.8. The highest BCUT2D eigenvalue weighted by Crippen LogP contribution is 2.22. The molecule has 0 saturated carbocycles. The number of nitrogens with one attached hydrogen (secondary N) is 1. The summed E-state index contributed by atoms with van der Waals surface area (Å²) in [6, 6.07) is 11.2. The molecule has 4 nitrogen and oxygen atoms in total. The average molecular weight is 493 g/mol. The van der Waals surface area contributed by atoms with E-state index >= 15 is 0 Å². The van der Waals surface area contributed by atoms with E-state index in [4.69, 9.17) is 0 Å². The third kappa shape index (κ3) is 4.79. The topological polar surface area (TPSA) is 49.4 Å². The maximum absolute atomic E-state index is 12.1. The van der Waals surface area contributed by atoms with E-state index in [1.54, 1.807) is 35.4 Å². The largest absolute Gasteiger partial charge is 0.343 e. The molecule has 0 spiro atoms. The van der Waals surface area contributed by atoms with Crippen LogP contribution in [-0.4, -0.2) is 30.3 Å². The van der Waals surface area contributed by atoms with Gasteiger partial charge in [-0.25, -0.2) is 0 Å². The molecule has 2 aromatic rings. The van der Waals surface area contributed by atoms with E-state index in [0.717, 1.165) is 12.2 Å². The Bertz CT molecular complexity index is 690. The highest BCUT2D eigenvalue weighted by molar-refractivity contribution is 14.1. The van der Waals surface area contributed by atoms with Crippen molar-refractivity contribution < 1.29 is 9.59 Å². The van der Waals surface area contributed by atoms with E-state index in [-0.39, 0.29) is 18.4 Å². The van der Waals surface area contributed by atoms with Crippen molar-refractivity contribution in [1.29, 1.82) is 0 Å². The van der Waals surface area contributed by atoms with Crippen molar-refractivity contribution in [2.75, 3.05) is 13.6 Å². The van der Waals surface area contributed by atoms with E-state index in [2.05, 4.69) is 43.8 Å². The number of benzene rings is 1. The van der Waals surface area contributed by atoms with Gasteiger partial charge < -0.3 is 10.2 Å². The number of thiophene rings is 1. The lowest BCUT2D eigenvalue weighted by Crippen LogP contribution is -2.37. The number of rotatable bonds is 5. The van der Waals surface area contributed by atoms with Crippen molar-refractivity contribution in [3.63, 3.8) is 0 Å². The fraction of sp³-hybridized carbons (Fsp3) is 0.200. The van der Waals surface area contributed by atoms with Crippen molar-refractivity contribution in [2.24, 2.45) is 0 Å². The molecule has 7 heteroatoms. The first-order chi connectivity index (χ1) is 10.5. The summed E-state index contributed by atoms with van der Waals surface area (Å²) in [5.74, 6) is -0.352. The Morgan fingerprint density at radius 2 is 2.00 bits per heavy atom. The SMILES string of the molecule is CN(Cc1ccc(Br)s1)C(=O)CNC(=O)c1ccccc1I. The first-order valence-electron chi connectivity index (χ1n) is 6.48. The molecule has 0 aliphatic carbocycles. The van der Waals surface area contributed by atoms with Gasteiger partial charge in [-0.05, 0) is 62.8 Å². The second-order valence-corrected chi connectivity index (χ2v) is 8.33. The van der Waals surface area contributed by atoms with Crippen LogP contribution in [0.3, 0.4) is 0 Å². The fourth-order valence-corrected chi connectivity index (χ4v) is 3.96. The molecular formula is C15H14BrIN2O2S. The van der Waals surface area contributed by atoms with E-state index in [9.17, 15) is 9.59 Å². The molecule has 2 amide bonds. The van der Waals surface area contributed by atoms with Crippen LogP contribution in [0.1, 0.15) is 15.2 Å². The zero-order valence-corrected chi connectivity index (χ0v) is 16.4. The van der Waals surface area contributed by atoms with Gasteiger partial charge in [-0.2, -0.15) is 0 Å². The number of amides is 2. The third-order valence-electron chi connectivity index (χ3n) is 2.97. The molecule has 0 saturated heterocycles. The van der Waals surface area contributed by atoms with Gasteiger partial charge in [0.1, 0.15) is 0 Å². The molecule has 0 atom stereocenters. The molecule has 0 fully saturated rings. The minimum atomic E-state index is -0.231. The Labute approximate surface area is 155 Å². The molecule has 0 aliphatic rings. The second-order valence-electron chi connectivity index (χ2n) is 4.62. The van der Waals surface area contributed by atoms with Crippen LogP contribution in [0.15, 0.2) is 40.2 Å². The Morgan fingerprint density at radius 1 is 1.27 bits per heavy atom. The summed E-state index contributed by atoms with van der Waals surface area (Å²) >= 11 is 7.09. The van der Waals surface area contributed by atoms with Crippen LogP contribution in [0.2, 0.25) is 0 Å². The average Bonchev–Trinajstić information content (AvgIpc) is 2.90. The van der Waals surface area contributed by atoms with Crippen molar-refractivity contribution in [3.05, 3.63) is 54.2 Å². The minimum absolute atomic E-state index is 0.00709. The van der Waals surface area contributed by atoms with Crippen LogP contribution < -0.4 is 5.32 Å². The molecule has 116 valence electrons. The van der Waals surface area contributed by atoms with Crippen molar-refractivity contribution in [2.45, 2.75) is 6.54 Å². The second kappa shape index (κ2) is 8.07. The van der Waals surface area contributed by atoms with Gasteiger partial charge in [0, 0.05) is 15.5 Å². The quantitative estimate of drug-likeness (QED) is 0.649. The van der Waals surface area contributed by atoms with Gasteiger partial charge in [0.25, 0.3) is 5.91 Å². The fourth-order valence-electron chi connectivity index (χ4n) is 1.79. The van der Waals surface area contributed by atoms with E-state index < -0.39 is 0 Å². The number of carbonyl (C=O) groups is 2. The number of halogens is 2. The zero-order chi connectivity index (χ0) is 16.1. The van der Waals surface area contributed by atoms with E-state index in [0.29, 0.717) is 12.1 Å². The molecule has 22 heavy (non-hydrogen) atoms. The molecule has 0 bridgehead atoms. The van der Waals surface area contributed by atoms with Gasteiger partial charge in [0.2, 0.25) is 5.91 Å². The lowest BCUT2D eigenvalue weighted by Gasteiger charge is -2.16. The normalized spacial score (nSPS) is 10.3. The molecule has 1 aromatic carbocycles. The monoisotopic (exact) mass is 492 g/mol. The van der Waals surface area contributed by atoms with Crippen LogP contribution in [0.5, 0.6) is 0 Å². The predicted molar refractivity (Wildman–Crippen MR) is 100.0 cm³/mol. The first-order valence-corrected chi connectivity index (χ1v) is 9.17. The number of carbonyl (C=O) groups excluding carboxylic acids is 2. The van der Waals surface area contributed by atoms with Gasteiger partial charge in [0.15, 0.2) is 0 Å². The molecule has 2 rings (SSSR count). The molecule has 0 unspecified atom stereocenters. The Hall–Kier alpha value is -0.930. The van der Waals surface area contributed by atoms with Crippen LogP contribution >= 0.6 is 49.9 Å². The molecule has 0 aliphatic heterocycles. The summed E-state index contributed by atoms with van der Waals surface area (Å²) in [4.78, 5) is 26.8. The van der Waals surface area contributed by atoms with Crippen molar-refractivity contribution in [1.82, 2.24) is 10.2 Å². The Balaban J connectivity index is 1.87. The van der Waals surface area contributed by atoms with Crippen LogP contribution in [0, 0.1) is 3.57 Å². The Kier molecular flexibility index (Phi) is 6.39. The number of hydrogen-bond donors (Lipinski definition) is 1. The van der Waals surface area contributed by atoms with Crippen LogP contribution in [0.4, 0.5) is 0 Å². The van der Waals surface area contributed by atoms with Crippen molar-refractivity contribution >= 4 is 61.7 Å². The number of hydrogen-bond acceptors (Lipinski definition) is 3. The van der Waals surface area contributed by atoms with Crippen molar-refractivity contribution in [3.8, 4) is 0 Å². The van der Waals surface area contributed by atoms with Gasteiger partial charge in [0.05, 0.1) is 22.4 Å². The highest BCUT2D eigenvalue weighted by atomic mass is 127. The van der Waals surface area contributed by atoms with Gasteiger partial charge in [-0.15, -0.1) is 11.3 Å². The van der Waals surface area contributed by atoms with E-state index in [1.807, 2.05) is 24.3 Å². The van der Waals surface area contributed by atoms with E-state index in [1.165, 1.54) is 0 Å². The minimum Gasteiger partial charge on any atom is -0.343 e. The molecular weight excluding hydrogens is 479 g/mol. The van der Waals surface area contributed by atoms with Gasteiger partial charge in [-0.3, -0.25) is 9.59 Å². The lowest BCUT2D eigenvalue weighted by molar-refractivity contribution is -0.129. The summed E-state index contributed by atoms with van der Waals surface area (Å²) < 4.78 is 1.90. The summed E-state index contributed by atoms with van der Waals surface area (Å²) in [6.45, 7) is 0.528. The maximum atomic E-state index is 12.1. The van der Waals surface area contributed by atoms with Crippen LogP contribution in [0.25, 0.3) is 0 Å². The number of likely N-dealkylation sites (N-methyl/N-ethyl adjacent to an activating group) is 1. The summed E-state index contributed by atoms with van der Waals surface area (Å²) in [5.41, 5.74) is 0.584. The smallest absolute Gasteiger partial charge is 0.252 e. The summed E-state index contributed by atoms with van der Waals surface area (Å²) in [7, 11) is 1.73. The standard InChI is InChI=1S/C15H14BrIN2O2S/c1-19(9-10-6-7-13(16)22-10)14(20)8-18-15(21)11-4-2-3-5-12(11)17/h2-7H,8-9H2,1H3,(H,18,21). The van der Waals surface area contributed by atoms with Crippen LogP contribution in [-0.2, 0) is 11.3 Å². The third-order valence-corrected chi connectivity index (χ3v) is 5.52. The predicted octanol–water partition coefficient (Wildman–Crippen LogP) is 3.50. The highest BCUT2D eigenvalue weighted by Gasteiger charge is 2.14. The van der Waals surface area contributed by atoms with Gasteiger partial charge >= 0.3 is 0 Å². The lowest BCUT2D eigenvalue weighted by atomic mass is 10.2. The molecule has 0 radical (unpaired) electrons. The maximum Gasteiger partial charge on any atom is 0.252 e. The molecule has 1 N–H and O–H groups in total. The summed E-state index contributed by atoms with van der Waals surface area (Å²) in [5, 5.41) is 2.67. The van der Waals surface area contributed by atoms with Gasteiger partial charge in [-0.1, -0.05) is 12.1 Å². The molecule has 1 aromatic heterocycles. The molecule has 1 heterocycles.